The Hall–Kier alpha value is -2.21. The third-order valence-electron chi connectivity index (χ3n) is 6.20. The van der Waals surface area contributed by atoms with Gasteiger partial charge in [0.2, 0.25) is 21.8 Å². The van der Waals surface area contributed by atoms with Gasteiger partial charge in [-0.25, -0.2) is 8.42 Å². The first kappa shape index (κ1) is 33.0. The summed E-state index contributed by atoms with van der Waals surface area (Å²) >= 11 is 12.5. The summed E-state index contributed by atoms with van der Waals surface area (Å²) in [5, 5.41) is 2.95. The fourth-order valence-electron chi connectivity index (χ4n) is 3.79. The van der Waals surface area contributed by atoms with Crippen LogP contribution in [0.5, 0.6) is 0 Å². The van der Waals surface area contributed by atoms with Gasteiger partial charge in [-0.05, 0) is 70.1 Å². The molecule has 216 valence electrons. The first-order valence-corrected chi connectivity index (χ1v) is 15.0. The lowest BCUT2D eigenvalue weighted by molar-refractivity contribution is -0.133. The molecule has 3 N–H and O–H groups in total. The summed E-state index contributed by atoms with van der Waals surface area (Å²) in [5.74, 6) is -0.825. The summed E-state index contributed by atoms with van der Waals surface area (Å²) in [4.78, 5) is 29.4. The zero-order valence-corrected chi connectivity index (χ0v) is 25.2. The van der Waals surface area contributed by atoms with E-state index in [0.29, 0.717) is 43.2 Å². The lowest BCUT2D eigenvalue weighted by Gasteiger charge is -2.25. The topological polar surface area (TPSA) is 116 Å². The molecule has 0 aromatic heterocycles. The van der Waals surface area contributed by atoms with Gasteiger partial charge in [-0.15, -0.1) is 0 Å². The molecule has 0 aliphatic carbocycles. The van der Waals surface area contributed by atoms with Crippen LogP contribution in [-0.2, 0) is 26.0 Å². The molecular formula is C27H39Cl2N5O4S. The summed E-state index contributed by atoms with van der Waals surface area (Å²) in [6, 6.07) is 12.2. The lowest BCUT2D eigenvalue weighted by atomic mass is 10.1. The Morgan fingerprint density at radius 1 is 0.949 bits per heavy atom. The first-order valence-electron chi connectivity index (χ1n) is 12.8. The van der Waals surface area contributed by atoms with Gasteiger partial charge >= 0.3 is 0 Å². The van der Waals surface area contributed by atoms with Crippen LogP contribution in [0.4, 0.5) is 0 Å². The van der Waals surface area contributed by atoms with Gasteiger partial charge in [0, 0.05) is 31.2 Å². The monoisotopic (exact) mass is 599 g/mol. The number of halogens is 2. The minimum atomic E-state index is -4.15. The molecule has 12 heteroatoms. The lowest BCUT2D eigenvalue weighted by Crippen LogP contribution is -2.46. The zero-order chi connectivity index (χ0) is 29.0. The van der Waals surface area contributed by atoms with Crippen molar-refractivity contribution in [3.05, 3.63) is 63.6 Å². The number of benzene rings is 2. The minimum Gasteiger partial charge on any atom is -0.346 e. The van der Waals surface area contributed by atoms with Crippen molar-refractivity contribution in [2.24, 2.45) is 5.73 Å². The summed E-state index contributed by atoms with van der Waals surface area (Å²) in [7, 11) is -0.315. The maximum atomic E-state index is 13.6. The minimum absolute atomic E-state index is 0.0109. The Morgan fingerprint density at radius 2 is 1.64 bits per heavy atom. The molecule has 0 heterocycles. The van der Waals surface area contributed by atoms with E-state index in [0.717, 1.165) is 22.7 Å². The van der Waals surface area contributed by atoms with Gasteiger partial charge in [-0.1, -0.05) is 53.5 Å². The van der Waals surface area contributed by atoms with Crippen molar-refractivity contribution in [3.63, 3.8) is 0 Å². The van der Waals surface area contributed by atoms with E-state index in [1.54, 1.807) is 11.8 Å². The summed E-state index contributed by atoms with van der Waals surface area (Å²) in [6.07, 6.45) is 1.94. The number of rotatable bonds is 16. The van der Waals surface area contributed by atoms with E-state index < -0.39 is 22.5 Å². The maximum Gasteiger partial charge on any atom is 0.245 e. The smallest absolute Gasteiger partial charge is 0.245 e. The highest BCUT2D eigenvalue weighted by Gasteiger charge is 2.30. The number of sulfonamides is 1. The summed E-state index contributed by atoms with van der Waals surface area (Å²) in [6.45, 7) is 3.23. The average Bonchev–Trinajstić information content (AvgIpc) is 2.90. The largest absolute Gasteiger partial charge is 0.346 e. The SMILES string of the molecule is Cc1c(Cl)ccc(S(=O)(=O)N(CCc2ccccc2)CC(=O)NCC(=O)N(CCCCN)CCN(C)C)c1Cl. The molecule has 0 fully saturated rings. The van der Waals surface area contributed by atoms with Crippen molar-refractivity contribution in [1.29, 1.82) is 0 Å². The second-order valence-electron chi connectivity index (χ2n) is 9.52. The Kier molecular flexibility index (Phi) is 13.7. The molecule has 0 aliphatic heterocycles. The number of likely N-dealkylation sites (N-methyl/N-ethyl adjacent to an activating group) is 1. The number of carbonyl (C=O) groups is 2. The molecule has 2 rings (SSSR count). The highest BCUT2D eigenvalue weighted by molar-refractivity contribution is 7.89. The number of nitrogens with two attached hydrogens (primary N) is 1. The van der Waals surface area contributed by atoms with Crippen LogP contribution in [0.3, 0.4) is 0 Å². The van der Waals surface area contributed by atoms with E-state index in [1.165, 1.54) is 12.1 Å². The quantitative estimate of drug-likeness (QED) is 0.287. The van der Waals surface area contributed by atoms with E-state index in [-0.39, 0.29) is 28.9 Å². The number of nitrogens with zero attached hydrogens (tertiary/aromatic N) is 3. The predicted molar refractivity (Wildman–Crippen MR) is 157 cm³/mol. The summed E-state index contributed by atoms with van der Waals surface area (Å²) in [5.41, 5.74) is 6.94. The molecule has 0 saturated heterocycles. The van der Waals surface area contributed by atoms with E-state index in [4.69, 9.17) is 28.9 Å². The fraction of sp³-hybridized carbons (Fsp3) is 0.481. The number of amides is 2. The zero-order valence-electron chi connectivity index (χ0n) is 22.8. The van der Waals surface area contributed by atoms with Crippen molar-refractivity contribution < 1.29 is 18.0 Å². The maximum absolute atomic E-state index is 13.6. The molecule has 0 spiro atoms. The second kappa shape index (κ2) is 16.2. The molecule has 2 aromatic carbocycles. The molecule has 0 bridgehead atoms. The van der Waals surface area contributed by atoms with Crippen LogP contribution in [0.2, 0.25) is 10.0 Å². The Bertz CT molecular complexity index is 1200. The van der Waals surface area contributed by atoms with Gasteiger partial charge in [-0.2, -0.15) is 4.31 Å². The highest BCUT2D eigenvalue weighted by atomic mass is 35.5. The van der Waals surface area contributed by atoms with Crippen LogP contribution in [0.15, 0.2) is 47.4 Å². The molecule has 2 aromatic rings. The number of hydrogen-bond acceptors (Lipinski definition) is 6. The number of unbranched alkanes of at least 4 members (excludes halogenated alkanes) is 1. The van der Waals surface area contributed by atoms with Crippen LogP contribution in [-0.4, -0.2) is 94.2 Å². The molecule has 0 radical (unpaired) electrons. The first-order chi connectivity index (χ1) is 18.5. The molecule has 0 unspecified atom stereocenters. The standard InChI is InChI=1S/C27H39Cl2N5O4S/c1-21-23(28)11-12-24(27(21)29)39(37,38)34(16-13-22-9-5-4-6-10-22)20-25(35)31-19-26(36)33(15-8-7-14-30)18-17-32(2)3/h4-6,9-12H,7-8,13-20,30H2,1-3H3,(H,31,35). The fourth-order valence-corrected chi connectivity index (χ4v) is 5.97. The average molecular weight is 601 g/mol. The van der Waals surface area contributed by atoms with E-state index in [9.17, 15) is 18.0 Å². The van der Waals surface area contributed by atoms with E-state index >= 15 is 0 Å². The number of nitrogens with one attached hydrogen (secondary N) is 1. The third-order valence-corrected chi connectivity index (χ3v) is 9.10. The highest BCUT2D eigenvalue weighted by Crippen LogP contribution is 2.32. The predicted octanol–water partition coefficient (Wildman–Crippen LogP) is 2.78. The Balaban J connectivity index is 2.17. The number of carbonyl (C=O) groups excluding carboxylic acids is 2. The van der Waals surface area contributed by atoms with E-state index in [2.05, 4.69) is 5.32 Å². The van der Waals surface area contributed by atoms with Crippen molar-refractivity contribution in [3.8, 4) is 0 Å². The molecular weight excluding hydrogens is 561 g/mol. The number of hydrogen-bond donors (Lipinski definition) is 2. The molecule has 39 heavy (non-hydrogen) atoms. The van der Waals surface area contributed by atoms with Crippen LogP contribution in [0, 0.1) is 6.92 Å². The van der Waals surface area contributed by atoms with Gasteiger partial charge in [0.25, 0.3) is 0 Å². The van der Waals surface area contributed by atoms with Crippen LogP contribution < -0.4 is 11.1 Å². The van der Waals surface area contributed by atoms with Crippen LogP contribution in [0.1, 0.15) is 24.0 Å². The van der Waals surface area contributed by atoms with Crippen molar-refractivity contribution in [1.82, 2.24) is 19.4 Å². The Labute approximate surface area is 242 Å². The molecule has 0 aliphatic rings. The molecule has 0 atom stereocenters. The Morgan fingerprint density at radius 3 is 2.28 bits per heavy atom. The van der Waals surface area contributed by atoms with Crippen LogP contribution >= 0.6 is 23.2 Å². The molecule has 9 nitrogen and oxygen atoms in total. The van der Waals surface area contributed by atoms with Crippen molar-refractivity contribution >= 4 is 45.0 Å². The van der Waals surface area contributed by atoms with Gasteiger partial charge in [0.15, 0.2) is 0 Å². The normalized spacial score (nSPS) is 11.7. The third kappa shape index (κ3) is 10.4. The van der Waals surface area contributed by atoms with Crippen molar-refractivity contribution in [2.45, 2.75) is 31.1 Å². The molecule has 2 amide bonds. The summed E-state index contributed by atoms with van der Waals surface area (Å²) < 4.78 is 28.4. The van der Waals surface area contributed by atoms with E-state index in [1.807, 2.05) is 49.3 Å². The van der Waals surface area contributed by atoms with Crippen LogP contribution in [0.25, 0.3) is 0 Å². The van der Waals surface area contributed by atoms with Crippen molar-refractivity contribution in [2.75, 3.05) is 59.9 Å². The second-order valence-corrected chi connectivity index (χ2v) is 12.2. The molecule has 0 saturated carbocycles. The van der Waals surface area contributed by atoms with Gasteiger partial charge in [0.1, 0.15) is 4.90 Å². The van der Waals surface area contributed by atoms with Gasteiger partial charge in [-0.3, -0.25) is 9.59 Å². The van der Waals surface area contributed by atoms with Gasteiger partial charge in [0.05, 0.1) is 18.1 Å². The van der Waals surface area contributed by atoms with Gasteiger partial charge < -0.3 is 20.9 Å².